The van der Waals surface area contributed by atoms with Crippen LogP contribution in [0.5, 0.6) is 0 Å². The van der Waals surface area contributed by atoms with Crippen molar-refractivity contribution in [1.82, 2.24) is 9.97 Å². The number of nitrogens with one attached hydrogen (secondary N) is 1. The summed E-state index contributed by atoms with van der Waals surface area (Å²) >= 11 is 0. The van der Waals surface area contributed by atoms with Crippen LogP contribution in [0.15, 0.2) is 12.3 Å². The molecule has 0 saturated carbocycles. The van der Waals surface area contributed by atoms with Gasteiger partial charge in [-0.25, -0.2) is 9.97 Å². The van der Waals surface area contributed by atoms with E-state index in [9.17, 15) is 18.3 Å². The van der Waals surface area contributed by atoms with Crippen LogP contribution in [0.3, 0.4) is 0 Å². The Balaban J connectivity index is 2.94. The molecule has 0 aliphatic heterocycles. The number of hydrogen-bond acceptors (Lipinski definition) is 4. The van der Waals surface area contributed by atoms with Gasteiger partial charge in [-0.3, -0.25) is 0 Å². The molecule has 1 atom stereocenters. The molecule has 0 aliphatic rings. The minimum atomic E-state index is -4.51. The van der Waals surface area contributed by atoms with Crippen molar-refractivity contribution in [1.29, 1.82) is 0 Å². The highest BCUT2D eigenvalue weighted by atomic mass is 19.4. The molecule has 1 rings (SSSR count). The normalized spacial score (nSPS) is 14.5. The zero-order valence-corrected chi connectivity index (χ0v) is 9.71. The predicted molar refractivity (Wildman–Crippen MR) is 56.4 cm³/mol. The maximum atomic E-state index is 12.4. The highest BCUT2D eigenvalue weighted by Crippen LogP contribution is 2.28. The summed E-state index contributed by atoms with van der Waals surface area (Å²) in [7, 11) is 0. The van der Waals surface area contributed by atoms with Gasteiger partial charge in [0.1, 0.15) is 5.69 Å². The van der Waals surface area contributed by atoms with Gasteiger partial charge in [-0.15, -0.1) is 0 Å². The first-order valence-corrected chi connectivity index (χ1v) is 4.99. The monoisotopic (exact) mass is 249 g/mol. The van der Waals surface area contributed by atoms with Crippen LogP contribution in [0.4, 0.5) is 19.1 Å². The van der Waals surface area contributed by atoms with Gasteiger partial charge in [0.2, 0.25) is 5.95 Å². The lowest BCUT2D eigenvalue weighted by atomic mass is 9.99. The Bertz CT molecular complexity index is 391. The molecule has 17 heavy (non-hydrogen) atoms. The lowest BCUT2D eigenvalue weighted by Crippen LogP contribution is -2.42. The first-order valence-electron chi connectivity index (χ1n) is 4.99. The van der Waals surface area contributed by atoms with Gasteiger partial charge in [0.25, 0.3) is 0 Å². The number of aliphatic hydroxyl groups excluding tert-OH is 1. The summed E-state index contributed by atoms with van der Waals surface area (Å²) in [4.78, 5) is 7.04. The SMILES string of the molecule is CC(O)C(C)(C)Nc1nccc(C(F)(F)F)n1. The summed E-state index contributed by atoms with van der Waals surface area (Å²) in [5.41, 5.74) is -1.83. The first-order chi connectivity index (χ1) is 7.63. The van der Waals surface area contributed by atoms with Gasteiger partial charge in [-0.2, -0.15) is 13.2 Å². The van der Waals surface area contributed by atoms with Crippen LogP contribution in [-0.2, 0) is 6.18 Å². The topological polar surface area (TPSA) is 58.0 Å². The van der Waals surface area contributed by atoms with Gasteiger partial charge in [0, 0.05) is 6.20 Å². The van der Waals surface area contributed by atoms with E-state index in [-0.39, 0.29) is 5.95 Å². The van der Waals surface area contributed by atoms with Crippen molar-refractivity contribution in [3.8, 4) is 0 Å². The Hall–Kier alpha value is -1.37. The fourth-order valence-electron chi connectivity index (χ4n) is 0.969. The van der Waals surface area contributed by atoms with Crippen LogP contribution >= 0.6 is 0 Å². The quantitative estimate of drug-likeness (QED) is 0.861. The summed E-state index contributed by atoms with van der Waals surface area (Å²) in [6.45, 7) is 4.81. The van der Waals surface area contributed by atoms with Crippen LogP contribution in [0.2, 0.25) is 0 Å². The summed E-state index contributed by atoms with van der Waals surface area (Å²) in [5, 5.41) is 12.1. The third kappa shape index (κ3) is 3.55. The molecule has 0 amide bonds. The molecule has 1 unspecified atom stereocenters. The van der Waals surface area contributed by atoms with E-state index >= 15 is 0 Å². The van der Waals surface area contributed by atoms with Crippen LogP contribution in [0.25, 0.3) is 0 Å². The molecule has 0 aliphatic carbocycles. The van der Waals surface area contributed by atoms with E-state index in [1.54, 1.807) is 13.8 Å². The second-order valence-electron chi connectivity index (χ2n) is 4.29. The van der Waals surface area contributed by atoms with Crippen molar-refractivity contribution in [3.05, 3.63) is 18.0 Å². The van der Waals surface area contributed by atoms with Gasteiger partial charge in [-0.1, -0.05) is 0 Å². The van der Waals surface area contributed by atoms with Crippen molar-refractivity contribution >= 4 is 5.95 Å². The molecule has 0 radical (unpaired) electrons. The minimum absolute atomic E-state index is 0.161. The number of halogens is 3. The molecule has 2 N–H and O–H groups in total. The van der Waals surface area contributed by atoms with Crippen molar-refractivity contribution in [2.24, 2.45) is 0 Å². The first kappa shape index (κ1) is 13.7. The largest absolute Gasteiger partial charge is 0.433 e. The maximum absolute atomic E-state index is 12.4. The Morgan fingerprint density at radius 1 is 1.35 bits per heavy atom. The summed E-state index contributed by atoms with van der Waals surface area (Å²) in [6, 6.07) is 0.792. The Morgan fingerprint density at radius 3 is 2.41 bits per heavy atom. The van der Waals surface area contributed by atoms with Gasteiger partial charge in [-0.05, 0) is 26.8 Å². The summed E-state index contributed by atoms with van der Waals surface area (Å²) in [6.07, 6.45) is -4.24. The molecule has 0 spiro atoms. The lowest BCUT2D eigenvalue weighted by molar-refractivity contribution is -0.141. The number of nitrogens with zero attached hydrogens (tertiary/aromatic N) is 2. The van der Waals surface area contributed by atoms with Gasteiger partial charge < -0.3 is 10.4 Å². The molecule has 96 valence electrons. The summed E-state index contributed by atoms with van der Waals surface area (Å²) in [5.74, 6) is -0.161. The van der Waals surface area contributed by atoms with Gasteiger partial charge in [0.15, 0.2) is 0 Å². The van der Waals surface area contributed by atoms with E-state index in [0.29, 0.717) is 0 Å². The third-order valence-corrected chi connectivity index (χ3v) is 2.42. The van der Waals surface area contributed by atoms with E-state index < -0.39 is 23.5 Å². The van der Waals surface area contributed by atoms with E-state index in [1.165, 1.54) is 6.92 Å². The highest BCUT2D eigenvalue weighted by molar-refractivity contribution is 5.30. The van der Waals surface area contributed by atoms with E-state index in [2.05, 4.69) is 15.3 Å². The fraction of sp³-hybridized carbons (Fsp3) is 0.600. The Morgan fingerprint density at radius 2 is 1.94 bits per heavy atom. The van der Waals surface area contributed by atoms with E-state index in [4.69, 9.17) is 0 Å². The average Bonchev–Trinajstić information content (AvgIpc) is 2.15. The molecule has 0 aromatic carbocycles. The van der Waals surface area contributed by atoms with Crippen LogP contribution < -0.4 is 5.32 Å². The molecule has 1 aromatic heterocycles. The Kier molecular flexibility index (Phi) is 3.61. The second kappa shape index (κ2) is 4.48. The standard InChI is InChI=1S/C10H14F3N3O/c1-6(17)9(2,3)16-8-14-5-4-7(15-8)10(11,12)13/h4-6,17H,1-3H3,(H,14,15,16). The van der Waals surface area contributed by atoms with Crippen LogP contribution in [-0.4, -0.2) is 26.7 Å². The zero-order valence-electron chi connectivity index (χ0n) is 9.71. The molecular weight excluding hydrogens is 235 g/mol. The van der Waals surface area contributed by atoms with E-state index in [1.807, 2.05) is 0 Å². The van der Waals surface area contributed by atoms with Crippen LogP contribution in [0.1, 0.15) is 26.5 Å². The minimum Gasteiger partial charge on any atom is -0.391 e. The number of anilines is 1. The van der Waals surface area contributed by atoms with Crippen molar-refractivity contribution in [3.63, 3.8) is 0 Å². The third-order valence-electron chi connectivity index (χ3n) is 2.42. The number of aliphatic hydroxyl groups is 1. The maximum Gasteiger partial charge on any atom is 0.433 e. The number of alkyl halides is 3. The molecule has 4 nitrogen and oxygen atoms in total. The fourth-order valence-corrected chi connectivity index (χ4v) is 0.969. The predicted octanol–water partition coefficient (Wildman–Crippen LogP) is 2.07. The summed E-state index contributed by atoms with van der Waals surface area (Å²) < 4.78 is 37.2. The molecule has 7 heteroatoms. The Labute approximate surface area is 96.9 Å². The number of rotatable bonds is 3. The lowest BCUT2D eigenvalue weighted by Gasteiger charge is -2.29. The highest BCUT2D eigenvalue weighted by Gasteiger charge is 2.33. The molecule has 1 heterocycles. The molecule has 0 saturated heterocycles. The zero-order chi connectivity index (χ0) is 13.3. The van der Waals surface area contributed by atoms with E-state index in [0.717, 1.165) is 12.3 Å². The van der Waals surface area contributed by atoms with Gasteiger partial charge in [0.05, 0.1) is 11.6 Å². The van der Waals surface area contributed by atoms with Crippen molar-refractivity contribution < 1.29 is 18.3 Å². The molecule has 1 aromatic rings. The van der Waals surface area contributed by atoms with Crippen molar-refractivity contribution in [2.75, 3.05) is 5.32 Å². The van der Waals surface area contributed by atoms with Crippen LogP contribution in [0, 0.1) is 0 Å². The molecule has 0 fully saturated rings. The molecular formula is C10H14F3N3O. The van der Waals surface area contributed by atoms with Gasteiger partial charge >= 0.3 is 6.18 Å². The number of aromatic nitrogens is 2. The smallest absolute Gasteiger partial charge is 0.391 e. The average molecular weight is 249 g/mol. The second-order valence-corrected chi connectivity index (χ2v) is 4.29. The van der Waals surface area contributed by atoms with Crippen molar-refractivity contribution in [2.45, 2.75) is 38.6 Å². The number of hydrogen-bond donors (Lipinski definition) is 2. The molecule has 0 bridgehead atoms.